The number of aliphatic imine (C=N–C) groups is 1. The smallest absolute Gasteiger partial charge is 0.427 e. The number of hydrogen-bond donors (Lipinski definition) is 9. The Morgan fingerprint density at radius 2 is 1.02 bits per heavy atom. The second-order valence-corrected chi connectivity index (χ2v) is 26.8. The van der Waals surface area contributed by atoms with Crippen LogP contribution in [0, 0.1) is 35.2 Å². The third kappa shape index (κ3) is 34.1. The summed E-state index contributed by atoms with van der Waals surface area (Å²) < 4.78 is 192. The molecule has 16 nitrogen and oxygen atoms in total. The molecule has 0 saturated heterocycles. The highest BCUT2D eigenvalue weighted by molar-refractivity contribution is 9.93. The van der Waals surface area contributed by atoms with Gasteiger partial charge in [-0.1, -0.05) is 76.4 Å². The van der Waals surface area contributed by atoms with Gasteiger partial charge in [0, 0.05) is 55.5 Å². The first-order chi connectivity index (χ1) is 48.3. The van der Waals surface area contributed by atoms with Gasteiger partial charge in [0.2, 0.25) is 5.91 Å². The zero-order valence-corrected chi connectivity index (χ0v) is 62.4. The molecule has 5 fully saturated rings. The molecule has 5 aromatic carbocycles. The normalized spacial score (nSPS) is 14.4. The number of nitrogens with zero attached hydrogens (tertiary/aromatic N) is 4. The minimum atomic E-state index is -4.48. The zero-order chi connectivity index (χ0) is 79.0. The maximum absolute atomic E-state index is 13.0. The van der Waals surface area contributed by atoms with E-state index in [4.69, 9.17) is 79.8 Å². The van der Waals surface area contributed by atoms with Crippen molar-refractivity contribution in [2.24, 2.45) is 22.4 Å². The monoisotopic (exact) mass is 1780 g/mol. The summed E-state index contributed by atoms with van der Waals surface area (Å²) in [4.78, 5) is 38.2. The number of nitrogens with one attached hydrogen (secondary N) is 3. The molecule has 104 heavy (non-hydrogen) atoms. The number of halogens is 20. The summed E-state index contributed by atoms with van der Waals surface area (Å²) in [6, 6.07) is 21.6. The lowest BCUT2D eigenvalue weighted by atomic mass is 9.84. The number of H-pyrrole nitrogens is 1. The van der Waals surface area contributed by atoms with Gasteiger partial charge in [0.25, 0.3) is 18.0 Å². The van der Waals surface area contributed by atoms with E-state index >= 15 is 0 Å². The van der Waals surface area contributed by atoms with Gasteiger partial charge in [0.05, 0.1) is 44.7 Å². The number of rotatable bonds is 12. The van der Waals surface area contributed by atoms with Crippen LogP contribution in [-0.4, -0.2) is 53.8 Å². The predicted molar refractivity (Wildman–Crippen MR) is 390 cm³/mol. The van der Waals surface area contributed by atoms with Gasteiger partial charge in [-0.05, 0) is 218 Å². The van der Waals surface area contributed by atoms with E-state index in [9.17, 15) is 80.2 Å². The highest BCUT2D eigenvalue weighted by atomic mass is 80.9. The van der Waals surface area contributed by atoms with Crippen molar-refractivity contribution in [1.29, 1.82) is 10.5 Å². The van der Waals surface area contributed by atoms with Crippen LogP contribution in [0.3, 0.4) is 0 Å². The summed E-state index contributed by atoms with van der Waals surface area (Å²) in [6.45, 7) is 5.86. The molecule has 0 radical (unpaired) electrons. The first-order valence-corrected chi connectivity index (χ1v) is 36.8. The van der Waals surface area contributed by atoms with E-state index in [1.165, 1.54) is 18.2 Å². The van der Waals surface area contributed by atoms with Crippen LogP contribution < -0.4 is 39.1 Å². The van der Waals surface area contributed by atoms with Gasteiger partial charge in [0.15, 0.2) is 15.3 Å². The molecule has 11 rings (SSSR count). The quantitative estimate of drug-likeness (QED) is 0.0105. The van der Waals surface area contributed by atoms with E-state index < -0.39 is 89.1 Å². The fourth-order valence-corrected chi connectivity index (χ4v) is 10.1. The molecule has 0 bridgehead atoms. The Kier molecular flexibility index (Phi) is 36.2. The maximum Gasteiger partial charge on any atom is 0.454 e. The number of nitriles is 2. The lowest BCUT2D eigenvalue weighted by Gasteiger charge is -2.15. The highest BCUT2D eigenvalue weighted by Crippen LogP contribution is 2.47. The van der Waals surface area contributed by atoms with E-state index in [-0.39, 0.29) is 77.9 Å². The molecule has 5 saturated carbocycles. The zero-order valence-electron chi connectivity index (χ0n) is 52.9. The Morgan fingerprint density at radius 3 is 1.35 bits per heavy atom. The number of carbonyl (C=O) groups excluding carboxylic acids is 2. The van der Waals surface area contributed by atoms with Gasteiger partial charge in [-0.2, -0.15) is 81.4 Å². The number of anilines is 5. The van der Waals surface area contributed by atoms with Crippen LogP contribution in [0.5, 0.6) is 0 Å². The number of hydrogen-bond acceptors (Lipinski definition) is 15. The Hall–Kier alpha value is -6.93. The van der Waals surface area contributed by atoms with E-state index in [0.717, 1.165) is 130 Å². The number of isothiocyanates is 1. The van der Waals surface area contributed by atoms with Crippen LogP contribution in [0.15, 0.2) is 105 Å². The average molecular weight is 1780 g/mol. The number of aromatic nitrogens is 1. The van der Waals surface area contributed by atoms with Crippen LogP contribution in [0.4, 0.5) is 99.3 Å². The maximum atomic E-state index is 13.0. The molecule has 1 heterocycles. The summed E-state index contributed by atoms with van der Waals surface area (Å²) in [5.41, 5.74) is 19.4. The van der Waals surface area contributed by atoms with Crippen LogP contribution >= 0.6 is 116 Å². The first-order valence-electron chi connectivity index (χ1n) is 29.5. The summed E-state index contributed by atoms with van der Waals surface area (Å²) in [7, 11) is -1.04. The molecular formula is C63H56BBr3Cl2F15N11O5S4. The highest BCUT2D eigenvalue weighted by Gasteiger charge is 2.38. The van der Waals surface area contributed by atoms with Gasteiger partial charge < -0.3 is 48.5 Å². The second-order valence-electron chi connectivity index (χ2n) is 22.6. The molecule has 6 aromatic rings. The van der Waals surface area contributed by atoms with Crippen molar-refractivity contribution < 1.29 is 85.5 Å². The van der Waals surface area contributed by atoms with E-state index in [2.05, 4.69) is 104 Å². The third-order valence-corrected chi connectivity index (χ3v) is 15.7. The number of thiocarbonyl (C=S) groups is 3. The first kappa shape index (κ1) is 91.3. The standard InChI is InChI=1S/C14H10F3N3OS.C14H12F3N3OS.C11H8F3NS.C10H10F3N.C7H5BrF3N.C3H7BO2.C3H4N2O.CCl2S.Br2/c15-14(16,17)9-3-8(7-1-2-7)4-10(5-9)19-13-11(6-18)12(21)20-22-13;15-14(16,17)9-3-8(7-1-2-7)4-10(5-9)20-13(22)11(6-18)12(19)21;12-11(13,14)9-3-8(7-1-2-7)4-10(5-9)15-6-16;11-10(12,13)8-3-7(6-1-2-6)4-9(14)5-8;8-5-1-4(7(9,10)11)2-6(12)3-5;5-4(6)3-1-2-3;1-5-2-3(4)6;2-1(3)4;1-2/h3-5,7,19H,1-2H2,(H,20,21);3-5,7,11H,1-2H2,(H2,19,21)(H,20,22);3-5,7H,1-2H2;3-6H,1-2,14H2;1-3H,12H2;3,5-6H,1-2H2;2H2,(H2,4,6);;. The van der Waals surface area contributed by atoms with E-state index in [0.29, 0.717) is 27.1 Å². The van der Waals surface area contributed by atoms with Gasteiger partial charge >= 0.3 is 38.0 Å². The Bertz CT molecular complexity index is 4180. The summed E-state index contributed by atoms with van der Waals surface area (Å²) in [5, 5.41) is 41.8. The van der Waals surface area contributed by atoms with Crippen molar-refractivity contribution in [3.8, 4) is 12.1 Å². The molecule has 5 aliphatic carbocycles. The largest absolute Gasteiger partial charge is 0.454 e. The molecule has 1 aromatic heterocycles. The van der Waals surface area contributed by atoms with Gasteiger partial charge in [0.1, 0.15) is 16.1 Å². The van der Waals surface area contributed by atoms with Crippen molar-refractivity contribution in [2.75, 3.05) is 28.6 Å². The van der Waals surface area contributed by atoms with Crippen LogP contribution in [-0.2, 0) is 40.5 Å². The molecule has 0 spiro atoms. The number of primary amides is 2. The summed E-state index contributed by atoms with van der Waals surface area (Å²) >= 11 is 32.2. The molecule has 13 N–H and O–H groups in total. The Balaban J connectivity index is 0.000000322. The Labute approximate surface area is 638 Å². The number of benzene rings is 5. The minimum absolute atomic E-state index is 0.0556. The van der Waals surface area contributed by atoms with E-state index in [1.54, 1.807) is 36.4 Å². The van der Waals surface area contributed by atoms with Crippen LogP contribution in [0.1, 0.15) is 144 Å². The van der Waals surface area contributed by atoms with Crippen LogP contribution in [0.2, 0.25) is 5.82 Å². The SMILES string of the molecule is BrBr.FC(F)(F)c1cc(N=C=S)cc(C2CC2)c1.N#CC(C(N)=O)C(=S)Nc1cc(C2CC2)cc(C(F)(F)F)c1.N#Cc1c(Nc2cc(C3CC3)cc(C(F)(F)F)c2)s[nH]c1=O.Nc1cc(Br)cc(C(F)(F)F)c1.Nc1cc(C2CC2)cc(C(F)(F)F)c1.OB(O)C1CC1.S=C(Cl)Cl.[C-]#[N+]CC(N)=O. The Morgan fingerprint density at radius 1 is 0.644 bits per heavy atom. The van der Waals surface area contributed by atoms with Crippen molar-refractivity contribution in [2.45, 2.75) is 125 Å². The third-order valence-electron chi connectivity index (χ3n) is 14.0. The van der Waals surface area contributed by atoms with Crippen molar-refractivity contribution >= 4 is 182 Å². The molecule has 5 aliphatic rings. The predicted octanol–water partition coefficient (Wildman–Crippen LogP) is 19.9. The number of carbonyl (C=O) groups is 2. The topological polar surface area (TPSA) is 300 Å². The molecule has 41 heteroatoms. The number of alkyl halides is 15. The lowest BCUT2D eigenvalue weighted by molar-refractivity contribution is -0.138. The van der Waals surface area contributed by atoms with Crippen LogP contribution in [0.25, 0.3) is 4.85 Å². The molecule has 2 amide bonds. The number of amides is 2. The average Bonchev–Trinajstić information content (AvgIpc) is 1.61. The van der Waals surface area contributed by atoms with Crippen molar-refractivity contribution in [3.63, 3.8) is 0 Å². The molecule has 1 unspecified atom stereocenters. The van der Waals surface area contributed by atoms with Gasteiger partial charge in [-0.15, -0.1) is 0 Å². The fourth-order valence-electron chi connectivity index (χ4n) is 8.48. The van der Waals surface area contributed by atoms with Crippen molar-refractivity contribution in [3.05, 3.63) is 173 Å². The summed E-state index contributed by atoms with van der Waals surface area (Å²) in [5.74, 6) is -1.87. The second kappa shape index (κ2) is 41.3. The molecule has 1 atom stereocenters. The molecular weight excluding hydrogens is 1730 g/mol. The number of nitrogens with two attached hydrogens (primary N) is 4. The number of nitrogen functional groups attached to an aromatic ring is 2. The number of aromatic amines is 1. The van der Waals surface area contributed by atoms with E-state index in [1.807, 2.05) is 0 Å². The summed E-state index contributed by atoms with van der Waals surface area (Å²) in [6.07, 6.45) is -12.6. The van der Waals surface area contributed by atoms with Gasteiger partial charge in [-0.25, -0.2) is 6.57 Å². The fraction of sp³-hybridized carbons (Fsp3) is 0.349. The van der Waals surface area contributed by atoms with Gasteiger partial charge in [-0.3, -0.25) is 18.8 Å². The minimum Gasteiger partial charge on any atom is -0.427 e. The molecule has 0 aliphatic heterocycles. The lowest BCUT2D eigenvalue weighted by Crippen LogP contribution is -2.32. The molecule has 560 valence electrons. The van der Waals surface area contributed by atoms with Crippen molar-refractivity contribution in [1.82, 2.24) is 4.37 Å².